The summed E-state index contributed by atoms with van der Waals surface area (Å²) in [5.41, 5.74) is 12.0. The second kappa shape index (κ2) is 10.3. The summed E-state index contributed by atoms with van der Waals surface area (Å²) < 4.78 is 2.64. The van der Waals surface area contributed by atoms with Gasteiger partial charge in [-0.15, -0.1) is 11.3 Å². The van der Waals surface area contributed by atoms with Gasteiger partial charge in [-0.25, -0.2) is 9.97 Å². The van der Waals surface area contributed by atoms with Gasteiger partial charge in [-0.05, 0) is 34.9 Å². The maximum atomic E-state index is 5.32. The van der Waals surface area contributed by atoms with Crippen molar-refractivity contribution in [3.63, 3.8) is 0 Å². The van der Waals surface area contributed by atoms with Crippen LogP contribution >= 0.6 is 11.3 Å². The van der Waals surface area contributed by atoms with Crippen LogP contribution in [0, 0.1) is 0 Å². The van der Waals surface area contributed by atoms with Crippen molar-refractivity contribution in [3.8, 4) is 56.3 Å². The van der Waals surface area contributed by atoms with E-state index in [4.69, 9.17) is 9.97 Å². The van der Waals surface area contributed by atoms with Gasteiger partial charge in [0.05, 0.1) is 17.1 Å². The Hall–Kier alpha value is -5.45. The lowest BCUT2D eigenvalue weighted by atomic mass is 9.80. The van der Waals surface area contributed by atoms with Crippen molar-refractivity contribution in [2.45, 2.75) is 19.3 Å². The summed E-state index contributed by atoms with van der Waals surface area (Å²) in [6.07, 6.45) is 1.83. The molecule has 5 aromatic carbocycles. The van der Waals surface area contributed by atoms with E-state index in [0.29, 0.717) is 0 Å². The summed E-state index contributed by atoms with van der Waals surface area (Å²) in [5, 5.41) is 2.63. The molecular formula is C42H29N3S. The minimum atomic E-state index is -0.230. The van der Waals surface area contributed by atoms with E-state index in [1.807, 2.05) is 35.7 Å². The first-order chi connectivity index (χ1) is 22.6. The van der Waals surface area contributed by atoms with E-state index in [2.05, 4.69) is 134 Å². The minimum Gasteiger partial charge on any atom is -0.256 e. The summed E-state index contributed by atoms with van der Waals surface area (Å²) in [5.74, 6) is 0.738. The average molecular weight is 608 g/mol. The van der Waals surface area contributed by atoms with E-state index < -0.39 is 0 Å². The molecule has 0 spiro atoms. The van der Waals surface area contributed by atoms with E-state index in [9.17, 15) is 0 Å². The number of hydrogen-bond donors (Lipinski definition) is 0. The van der Waals surface area contributed by atoms with Gasteiger partial charge in [0, 0.05) is 59.6 Å². The number of rotatable bonds is 4. The highest BCUT2D eigenvalue weighted by Crippen LogP contribution is 2.51. The zero-order chi connectivity index (χ0) is 30.8. The Morgan fingerprint density at radius 1 is 0.522 bits per heavy atom. The number of fused-ring (bicyclic) bond motifs is 6. The van der Waals surface area contributed by atoms with Gasteiger partial charge in [0.15, 0.2) is 5.82 Å². The number of thiophene rings is 1. The first-order valence-corrected chi connectivity index (χ1v) is 16.4. The Balaban J connectivity index is 1.18. The van der Waals surface area contributed by atoms with Crippen molar-refractivity contribution in [2.75, 3.05) is 0 Å². The highest BCUT2D eigenvalue weighted by atomic mass is 32.1. The first-order valence-electron chi connectivity index (χ1n) is 15.6. The molecule has 0 saturated heterocycles. The van der Waals surface area contributed by atoms with E-state index >= 15 is 0 Å². The van der Waals surface area contributed by atoms with E-state index in [0.717, 1.165) is 39.6 Å². The van der Waals surface area contributed by atoms with Crippen LogP contribution in [0.2, 0.25) is 0 Å². The average Bonchev–Trinajstić information content (AvgIpc) is 3.61. The summed E-state index contributed by atoms with van der Waals surface area (Å²) in [7, 11) is 0. The Morgan fingerprint density at radius 3 is 2.00 bits per heavy atom. The van der Waals surface area contributed by atoms with Gasteiger partial charge in [-0.2, -0.15) is 0 Å². The van der Waals surface area contributed by atoms with Gasteiger partial charge in [0.1, 0.15) is 0 Å². The molecule has 0 aliphatic heterocycles. The second-order valence-corrected chi connectivity index (χ2v) is 13.5. The van der Waals surface area contributed by atoms with Crippen molar-refractivity contribution in [2.24, 2.45) is 0 Å². The molecule has 0 radical (unpaired) electrons. The van der Waals surface area contributed by atoms with Crippen LogP contribution in [0.5, 0.6) is 0 Å². The Kier molecular flexibility index (Phi) is 6.02. The number of pyridine rings is 1. The Bertz CT molecular complexity index is 2420. The third-order valence-electron chi connectivity index (χ3n) is 9.37. The normalized spacial score (nSPS) is 13.2. The van der Waals surface area contributed by atoms with Crippen LogP contribution in [0.3, 0.4) is 0 Å². The van der Waals surface area contributed by atoms with Crippen molar-refractivity contribution >= 4 is 31.5 Å². The lowest BCUT2D eigenvalue weighted by Gasteiger charge is -2.24. The van der Waals surface area contributed by atoms with Gasteiger partial charge < -0.3 is 0 Å². The lowest BCUT2D eigenvalue weighted by Crippen LogP contribution is -2.17. The predicted molar refractivity (Wildman–Crippen MR) is 192 cm³/mol. The van der Waals surface area contributed by atoms with Crippen LogP contribution in [0.25, 0.3) is 76.5 Å². The van der Waals surface area contributed by atoms with E-state index in [-0.39, 0.29) is 5.41 Å². The summed E-state index contributed by atoms with van der Waals surface area (Å²) in [6, 6.07) is 47.3. The molecule has 0 fully saturated rings. The summed E-state index contributed by atoms with van der Waals surface area (Å²) in [4.78, 5) is 15.1. The molecule has 0 amide bonds. The van der Waals surface area contributed by atoms with Crippen LogP contribution in [0.15, 0.2) is 140 Å². The number of aromatic nitrogens is 3. The van der Waals surface area contributed by atoms with Gasteiger partial charge >= 0.3 is 0 Å². The van der Waals surface area contributed by atoms with Crippen molar-refractivity contribution in [3.05, 3.63) is 151 Å². The maximum Gasteiger partial charge on any atom is 0.160 e. The fraction of sp³-hybridized carbons (Fsp3) is 0.0714. The van der Waals surface area contributed by atoms with Crippen molar-refractivity contribution in [1.82, 2.24) is 15.0 Å². The number of benzene rings is 5. The summed E-state index contributed by atoms with van der Waals surface area (Å²) in [6.45, 7) is 4.58. The molecule has 1 aliphatic rings. The molecule has 0 unspecified atom stereocenters. The highest BCUT2D eigenvalue weighted by molar-refractivity contribution is 7.26. The maximum absolute atomic E-state index is 5.32. The monoisotopic (exact) mass is 607 g/mol. The third-order valence-corrected chi connectivity index (χ3v) is 10.6. The largest absolute Gasteiger partial charge is 0.256 e. The molecule has 0 atom stereocenters. The standard InChI is InChI=1S/C42H29N3S/c1-42(2)34-14-5-3-11-33(34)39-37(42)38(28-21-19-27(20-22-28)35-15-7-8-25-43-35)44-41(45-39)29-23-17-26(18-24-29)30-12-9-13-32-31-10-4-6-16-36(31)46-40(30)32/h3-25H,1-2H3. The fourth-order valence-corrected chi connectivity index (χ4v) is 8.30. The minimum absolute atomic E-state index is 0.230. The fourth-order valence-electron chi connectivity index (χ4n) is 7.06. The first kappa shape index (κ1) is 26.9. The van der Waals surface area contributed by atoms with Gasteiger partial charge in [-0.1, -0.05) is 129 Å². The number of nitrogens with zero attached hydrogens (tertiary/aromatic N) is 3. The molecule has 0 saturated carbocycles. The van der Waals surface area contributed by atoms with Gasteiger partial charge in [-0.3, -0.25) is 4.98 Å². The topological polar surface area (TPSA) is 38.7 Å². The lowest BCUT2D eigenvalue weighted by molar-refractivity contribution is 0.658. The second-order valence-electron chi connectivity index (χ2n) is 12.4. The molecule has 8 aromatic rings. The molecule has 1 aliphatic carbocycles. The molecule has 3 heterocycles. The molecule has 0 bridgehead atoms. The van der Waals surface area contributed by atoms with Crippen molar-refractivity contribution < 1.29 is 0 Å². The van der Waals surface area contributed by atoms with E-state index in [1.54, 1.807) is 0 Å². The molecule has 3 nitrogen and oxygen atoms in total. The molecular weight excluding hydrogens is 579 g/mol. The SMILES string of the molecule is CC1(C)c2ccccc2-c2nc(-c3ccc(-c4cccc5c4sc4ccccc45)cc3)nc(-c3ccc(-c4ccccn4)cc3)c21. The molecule has 218 valence electrons. The van der Waals surface area contributed by atoms with Crippen LogP contribution in [0.4, 0.5) is 0 Å². The zero-order valence-electron chi connectivity index (χ0n) is 25.5. The van der Waals surface area contributed by atoms with Crippen LogP contribution in [-0.4, -0.2) is 15.0 Å². The van der Waals surface area contributed by atoms with Crippen LogP contribution in [0.1, 0.15) is 25.0 Å². The molecule has 0 N–H and O–H groups in total. The zero-order valence-corrected chi connectivity index (χ0v) is 26.3. The quantitative estimate of drug-likeness (QED) is 0.200. The van der Waals surface area contributed by atoms with Crippen LogP contribution < -0.4 is 0 Å². The Morgan fingerprint density at radius 2 is 1.17 bits per heavy atom. The van der Waals surface area contributed by atoms with Gasteiger partial charge in [0.25, 0.3) is 0 Å². The molecule has 3 aromatic heterocycles. The summed E-state index contributed by atoms with van der Waals surface area (Å²) >= 11 is 1.86. The highest BCUT2D eigenvalue weighted by Gasteiger charge is 2.39. The smallest absolute Gasteiger partial charge is 0.160 e. The third kappa shape index (κ3) is 4.14. The van der Waals surface area contributed by atoms with Crippen molar-refractivity contribution in [1.29, 1.82) is 0 Å². The molecule has 4 heteroatoms. The van der Waals surface area contributed by atoms with Crippen LogP contribution in [-0.2, 0) is 5.41 Å². The van der Waals surface area contributed by atoms with Gasteiger partial charge in [0.2, 0.25) is 0 Å². The predicted octanol–water partition coefficient (Wildman–Crippen LogP) is 11.2. The number of hydrogen-bond acceptors (Lipinski definition) is 4. The molecule has 9 rings (SSSR count). The Labute approximate surface area is 271 Å². The van der Waals surface area contributed by atoms with E-state index in [1.165, 1.54) is 48.0 Å². The molecule has 46 heavy (non-hydrogen) atoms.